The van der Waals surface area contributed by atoms with Gasteiger partial charge in [-0.05, 0) is 12.0 Å². The maximum Gasteiger partial charge on any atom is 0.237 e. The van der Waals surface area contributed by atoms with Gasteiger partial charge in [0.25, 0.3) is 0 Å². The van der Waals surface area contributed by atoms with E-state index < -0.39 is 17.7 Å². The predicted molar refractivity (Wildman–Crippen MR) is 61.0 cm³/mol. The summed E-state index contributed by atoms with van der Waals surface area (Å²) in [5.41, 5.74) is 5.85. The summed E-state index contributed by atoms with van der Waals surface area (Å²) < 4.78 is 25.9. The topological polar surface area (TPSA) is 55.1 Å². The number of halogens is 2. The molecule has 0 aliphatic carbocycles. The molecule has 1 aromatic carbocycles. The van der Waals surface area contributed by atoms with E-state index in [0.717, 1.165) is 12.1 Å². The number of amides is 1. The van der Waals surface area contributed by atoms with Crippen LogP contribution < -0.4 is 11.1 Å². The molecule has 0 heterocycles. The van der Waals surface area contributed by atoms with Gasteiger partial charge < -0.3 is 11.1 Å². The zero-order valence-corrected chi connectivity index (χ0v) is 9.84. The van der Waals surface area contributed by atoms with Crippen molar-refractivity contribution >= 4 is 5.91 Å². The molecule has 0 saturated carbocycles. The molecular weight excluding hydrogens is 226 g/mol. The Labute approximate surface area is 99.0 Å². The molecule has 0 fully saturated rings. The fourth-order valence-electron chi connectivity index (χ4n) is 1.27. The Kier molecular flexibility index (Phi) is 4.57. The number of hydrogen-bond acceptors (Lipinski definition) is 2. The molecule has 94 valence electrons. The molecule has 0 aliphatic rings. The number of nitrogens with two attached hydrogens (primary N) is 1. The predicted octanol–water partition coefficient (Wildman–Crippen LogP) is 1.56. The molecule has 3 N–H and O–H groups in total. The second-order valence-corrected chi connectivity index (χ2v) is 4.22. The second-order valence-electron chi connectivity index (χ2n) is 4.22. The quantitative estimate of drug-likeness (QED) is 0.842. The summed E-state index contributed by atoms with van der Waals surface area (Å²) in [4.78, 5) is 11.5. The zero-order valence-electron chi connectivity index (χ0n) is 9.84. The first-order chi connectivity index (χ1) is 7.91. The van der Waals surface area contributed by atoms with E-state index in [2.05, 4.69) is 5.32 Å². The van der Waals surface area contributed by atoms with Crippen LogP contribution in [0.25, 0.3) is 0 Å². The number of hydrogen-bond donors (Lipinski definition) is 2. The third-order valence-corrected chi connectivity index (χ3v) is 2.49. The normalized spacial score (nSPS) is 12.6. The van der Waals surface area contributed by atoms with Gasteiger partial charge in [-0.15, -0.1) is 0 Å². The molecule has 1 rings (SSSR count). The van der Waals surface area contributed by atoms with Crippen LogP contribution in [0.3, 0.4) is 0 Å². The van der Waals surface area contributed by atoms with Gasteiger partial charge in [0.15, 0.2) is 0 Å². The van der Waals surface area contributed by atoms with Gasteiger partial charge in [-0.1, -0.05) is 19.9 Å². The van der Waals surface area contributed by atoms with Crippen LogP contribution >= 0.6 is 0 Å². The van der Waals surface area contributed by atoms with Crippen molar-refractivity contribution in [2.75, 3.05) is 0 Å². The third kappa shape index (κ3) is 3.78. The van der Waals surface area contributed by atoms with Gasteiger partial charge in [0.05, 0.1) is 6.04 Å². The molecule has 1 aromatic rings. The standard InChI is InChI=1S/C12H16F2N2O/c1-7(2)11(15)12(17)16-6-8-3-4-9(13)5-10(8)14/h3-5,7,11H,6,15H2,1-2H3,(H,16,17)/t11-/m0/s1. The number of benzene rings is 1. The lowest BCUT2D eigenvalue weighted by Crippen LogP contribution is -2.43. The van der Waals surface area contributed by atoms with E-state index in [1.54, 1.807) is 0 Å². The highest BCUT2D eigenvalue weighted by molar-refractivity contribution is 5.81. The molecule has 0 radical (unpaired) electrons. The highest BCUT2D eigenvalue weighted by atomic mass is 19.1. The monoisotopic (exact) mass is 242 g/mol. The first-order valence-electron chi connectivity index (χ1n) is 5.39. The van der Waals surface area contributed by atoms with Gasteiger partial charge in [0.2, 0.25) is 5.91 Å². The number of carbonyl (C=O) groups is 1. The highest BCUT2D eigenvalue weighted by Gasteiger charge is 2.17. The Bertz CT molecular complexity index is 407. The maximum absolute atomic E-state index is 13.2. The smallest absolute Gasteiger partial charge is 0.237 e. The summed E-state index contributed by atoms with van der Waals surface area (Å²) in [6.07, 6.45) is 0. The van der Waals surface area contributed by atoms with E-state index in [0.29, 0.717) is 0 Å². The summed E-state index contributed by atoms with van der Waals surface area (Å²) in [5.74, 6) is -1.66. The van der Waals surface area contributed by atoms with E-state index >= 15 is 0 Å². The van der Waals surface area contributed by atoms with Crippen LogP contribution in [-0.4, -0.2) is 11.9 Å². The van der Waals surface area contributed by atoms with Crippen molar-refractivity contribution in [3.63, 3.8) is 0 Å². The number of rotatable bonds is 4. The lowest BCUT2D eigenvalue weighted by atomic mass is 10.0. The minimum absolute atomic E-state index is 0.00532. The average Bonchev–Trinajstić information content (AvgIpc) is 2.26. The SMILES string of the molecule is CC(C)[C@H](N)C(=O)NCc1ccc(F)cc1F. The second kappa shape index (κ2) is 5.72. The zero-order chi connectivity index (χ0) is 13.0. The molecule has 1 atom stereocenters. The molecule has 0 unspecified atom stereocenters. The van der Waals surface area contributed by atoms with Gasteiger partial charge in [-0.2, -0.15) is 0 Å². The Morgan fingerprint density at radius 1 is 1.41 bits per heavy atom. The number of carbonyl (C=O) groups excluding carboxylic acids is 1. The summed E-state index contributed by atoms with van der Waals surface area (Å²) in [5, 5.41) is 2.51. The van der Waals surface area contributed by atoms with Crippen molar-refractivity contribution in [1.29, 1.82) is 0 Å². The summed E-state index contributed by atoms with van der Waals surface area (Å²) in [7, 11) is 0. The molecule has 0 spiro atoms. The van der Waals surface area contributed by atoms with Crippen molar-refractivity contribution in [3.05, 3.63) is 35.4 Å². The Morgan fingerprint density at radius 2 is 2.06 bits per heavy atom. The van der Waals surface area contributed by atoms with Crippen molar-refractivity contribution < 1.29 is 13.6 Å². The fourth-order valence-corrected chi connectivity index (χ4v) is 1.27. The van der Waals surface area contributed by atoms with Crippen LogP contribution in [0.1, 0.15) is 19.4 Å². The molecular formula is C12H16F2N2O. The lowest BCUT2D eigenvalue weighted by molar-refractivity contribution is -0.123. The minimum Gasteiger partial charge on any atom is -0.351 e. The van der Waals surface area contributed by atoms with Gasteiger partial charge in [0.1, 0.15) is 11.6 Å². The average molecular weight is 242 g/mol. The van der Waals surface area contributed by atoms with E-state index in [1.807, 2.05) is 13.8 Å². The first kappa shape index (κ1) is 13.6. The summed E-state index contributed by atoms with van der Waals surface area (Å²) in [6, 6.07) is 2.60. The van der Waals surface area contributed by atoms with E-state index in [9.17, 15) is 13.6 Å². The molecule has 0 aromatic heterocycles. The van der Waals surface area contributed by atoms with E-state index in [4.69, 9.17) is 5.73 Å². The van der Waals surface area contributed by atoms with Crippen LogP contribution in [0.5, 0.6) is 0 Å². The third-order valence-electron chi connectivity index (χ3n) is 2.49. The van der Waals surface area contributed by atoms with Gasteiger partial charge in [0, 0.05) is 18.2 Å². The van der Waals surface area contributed by atoms with Crippen molar-refractivity contribution in [3.8, 4) is 0 Å². The first-order valence-corrected chi connectivity index (χ1v) is 5.39. The molecule has 0 saturated heterocycles. The molecule has 17 heavy (non-hydrogen) atoms. The largest absolute Gasteiger partial charge is 0.351 e. The fraction of sp³-hybridized carbons (Fsp3) is 0.417. The Hall–Kier alpha value is -1.49. The van der Waals surface area contributed by atoms with Crippen molar-refractivity contribution in [2.24, 2.45) is 11.7 Å². The molecule has 0 aliphatic heterocycles. The van der Waals surface area contributed by atoms with E-state index in [1.165, 1.54) is 6.07 Å². The van der Waals surface area contributed by atoms with E-state index in [-0.39, 0.29) is 23.9 Å². The highest BCUT2D eigenvalue weighted by Crippen LogP contribution is 2.09. The van der Waals surface area contributed by atoms with Crippen LogP contribution in [-0.2, 0) is 11.3 Å². The van der Waals surface area contributed by atoms with Gasteiger partial charge >= 0.3 is 0 Å². The van der Waals surface area contributed by atoms with Crippen LogP contribution in [0, 0.1) is 17.6 Å². The van der Waals surface area contributed by atoms with Crippen LogP contribution in [0.15, 0.2) is 18.2 Å². The summed E-state index contributed by atoms with van der Waals surface area (Å²) in [6.45, 7) is 3.65. The van der Waals surface area contributed by atoms with Crippen LogP contribution in [0.4, 0.5) is 8.78 Å². The lowest BCUT2D eigenvalue weighted by Gasteiger charge is -2.15. The molecule has 5 heteroatoms. The Morgan fingerprint density at radius 3 is 2.59 bits per heavy atom. The molecule has 3 nitrogen and oxygen atoms in total. The van der Waals surface area contributed by atoms with Gasteiger partial charge in [-0.25, -0.2) is 8.78 Å². The summed E-state index contributed by atoms with van der Waals surface area (Å²) >= 11 is 0. The molecule has 1 amide bonds. The van der Waals surface area contributed by atoms with Gasteiger partial charge in [-0.3, -0.25) is 4.79 Å². The van der Waals surface area contributed by atoms with Crippen molar-refractivity contribution in [1.82, 2.24) is 5.32 Å². The minimum atomic E-state index is -0.677. The Balaban J connectivity index is 2.59. The maximum atomic E-state index is 13.2. The van der Waals surface area contributed by atoms with Crippen LogP contribution in [0.2, 0.25) is 0 Å². The molecule has 0 bridgehead atoms. The van der Waals surface area contributed by atoms with Crippen molar-refractivity contribution in [2.45, 2.75) is 26.4 Å². The number of nitrogens with one attached hydrogen (secondary N) is 1.